The van der Waals surface area contributed by atoms with Gasteiger partial charge >= 0.3 is 0 Å². The normalized spacial score (nSPS) is 18.0. The number of aryl methyl sites for hydroxylation is 1. The van der Waals surface area contributed by atoms with Crippen molar-refractivity contribution in [2.45, 2.75) is 32.7 Å². The minimum absolute atomic E-state index is 0.543. The van der Waals surface area contributed by atoms with Crippen molar-refractivity contribution in [1.82, 2.24) is 14.9 Å². The molecule has 2 aromatic heterocycles. The van der Waals surface area contributed by atoms with E-state index in [0.717, 1.165) is 17.2 Å². The number of piperidine rings is 1. The Morgan fingerprint density at radius 3 is 2.89 bits per heavy atom. The van der Waals surface area contributed by atoms with E-state index >= 15 is 0 Å². The number of anilines is 1. The lowest BCUT2D eigenvalue weighted by Crippen LogP contribution is -2.39. The molecule has 0 aromatic carbocycles. The lowest BCUT2D eigenvalue weighted by Gasteiger charge is -2.31. The summed E-state index contributed by atoms with van der Waals surface area (Å²) in [5.74, 6) is 1.00. The SMILES string of the molecule is CCN1CCC(Nc2ncnc3sc(C)cc23)CC1. The van der Waals surface area contributed by atoms with Crippen molar-refractivity contribution in [3.8, 4) is 0 Å². The molecule has 19 heavy (non-hydrogen) atoms. The Kier molecular flexibility index (Phi) is 3.66. The summed E-state index contributed by atoms with van der Waals surface area (Å²) < 4.78 is 0. The van der Waals surface area contributed by atoms with E-state index in [1.165, 1.54) is 36.2 Å². The van der Waals surface area contributed by atoms with Gasteiger partial charge in [0.25, 0.3) is 0 Å². The van der Waals surface area contributed by atoms with Crippen LogP contribution < -0.4 is 5.32 Å². The molecule has 5 heteroatoms. The van der Waals surface area contributed by atoms with Crippen LogP contribution in [0.4, 0.5) is 5.82 Å². The third kappa shape index (κ3) is 2.72. The molecule has 0 unspecified atom stereocenters. The molecule has 1 N–H and O–H groups in total. The van der Waals surface area contributed by atoms with Crippen LogP contribution in [0.25, 0.3) is 10.2 Å². The first kappa shape index (κ1) is 12.8. The average Bonchev–Trinajstić information content (AvgIpc) is 2.81. The highest BCUT2D eigenvalue weighted by atomic mass is 32.1. The van der Waals surface area contributed by atoms with Crippen LogP contribution in [-0.4, -0.2) is 40.5 Å². The number of thiophene rings is 1. The van der Waals surface area contributed by atoms with Crippen molar-refractivity contribution in [3.63, 3.8) is 0 Å². The van der Waals surface area contributed by atoms with Crippen LogP contribution >= 0.6 is 11.3 Å². The second-order valence-electron chi connectivity index (χ2n) is 5.15. The molecule has 1 fully saturated rings. The third-order valence-corrected chi connectivity index (χ3v) is 4.79. The van der Waals surface area contributed by atoms with E-state index in [4.69, 9.17) is 0 Å². The molecule has 2 aromatic rings. The number of fused-ring (bicyclic) bond motifs is 1. The standard InChI is InChI=1S/C14H20N4S/c1-3-18-6-4-11(5-7-18)17-13-12-8-10(2)19-14(12)16-9-15-13/h8-9,11H,3-7H2,1-2H3,(H,15,16,17). The van der Waals surface area contributed by atoms with Crippen molar-refractivity contribution >= 4 is 27.4 Å². The second kappa shape index (κ2) is 5.43. The molecule has 102 valence electrons. The molecule has 3 heterocycles. The molecular formula is C14H20N4S. The maximum absolute atomic E-state index is 4.42. The van der Waals surface area contributed by atoms with E-state index in [1.807, 2.05) is 0 Å². The fourth-order valence-corrected chi connectivity index (χ4v) is 3.53. The summed E-state index contributed by atoms with van der Waals surface area (Å²) >= 11 is 1.73. The van der Waals surface area contributed by atoms with Gasteiger partial charge in [-0.2, -0.15) is 0 Å². The highest BCUT2D eigenvalue weighted by Crippen LogP contribution is 2.28. The second-order valence-corrected chi connectivity index (χ2v) is 6.39. The highest BCUT2D eigenvalue weighted by Gasteiger charge is 2.19. The number of nitrogens with zero attached hydrogens (tertiary/aromatic N) is 3. The van der Waals surface area contributed by atoms with E-state index in [9.17, 15) is 0 Å². The van der Waals surface area contributed by atoms with Gasteiger partial charge in [-0.15, -0.1) is 11.3 Å². The zero-order chi connectivity index (χ0) is 13.2. The van der Waals surface area contributed by atoms with Gasteiger partial charge in [-0.3, -0.25) is 0 Å². The zero-order valence-electron chi connectivity index (χ0n) is 11.5. The molecule has 0 spiro atoms. The zero-order valence-corrected chi connectivity index (χ0v) is 12.3. The van der Waals surface area contributed by atoms with Crippen LogP contribution in [0.1, 0.15) is 24.6 Å². The number of aromatic nitrogens is 2. The van der Waals surface area contributed by atoms with Gasteiger partial charge in [-0.1, -0.05) is 6.92 Å². The molecular weight excluding hydrogens is 256 g/mol. The summed E-state index contributed by atoms with van der Waals surface area (Å²) in [7, 11) is 0. The molecule has 4 nitrogen and oxygen atoms in total. The predicted molar refractivity (Wildman–Crippen MR) is 80.9 cm³/mol. The molecule has 0 radical (unpaired) electrons. The van der Waals surface area contributed by atoms with Crippen LogP contribution in [0, 0.1) is 6.92 Å². The van der Waals surface area contributed by atoms with Crippen molar-refractivity contribution < 1.29 is 0 Å². The van der Waals surface area contributed by atoms with E-state index in [1.54, 1.807) is 17.7 Å². The largest absolute Gasteiger partial charge is 0.367 e. The van der Waals surface area contributed by atoms with Crippen LogP contribution in [0.5, 0.6) is 0 Å². The van der Waals surface area contributed by atoms with Crippen molar-refractivity contribution in [2.24, 2.45) is 0 Å². The molecule has 0 amide bonds. The Labute approximate surface area is 117 Å². The number of hydrogen-bond acceptors (Lipinski definition) is 5. The van der Waals surface area contributed by atoms with Gasteiger partial charge < -0.3 is 10.2 Å². The van der Waals surface area contributed by atoms with Gasteiger partial charge in [0.05, 0.1) is 5.39 Å². The summed E-state index contributed by atoms with van der Waals surface area (Å²) in [5, 5.41) is 4.78. The highest BCUT2D eigenvalue weighted by molar-refractivity contribution is 7.18. The van der Waals surface area contributed by atoms with Gasteiger partial charge in [0.15, 0.2) is 0 Å². The molecule has 1 aliphatic heterocycles. The van der Waals surface area contributed by atoms with Crippen LogP contribution in [0.3, 0.4) is 0 Å². The average molecular weight is 276 g/mol. The Hall–Kier alpha value is -1.20. The summed E-state index contributed by atoms with van der Waals surface area (Å²) in [5.41, 5.74) is 0. The minimum Gasteiger partial charge on any atom is -0.367 e. The number of rotatable bonds is 3. The Morgan fingerprint density at radius 1 is 1.37 bits per heavy atom. The first-order valence-corrected chi connectivity index (χ1v) is 7.78. The minimum atomic E-state index is 0.543. The van der Waals surface area contributed by atoms with Crippen molar-refractivity contribution in [3.05, 3.63) is 17.3 Å². The van der Waals surface area contributed by atoms with Crippen LogP contribution in [0.2, 0.25) is 0 Å². The van der Waals surface area contributed by atoms with Crippen molar-refractivity contribution in [2.75, 3.05) is 25.0 Å². The molecule has 3 rings (SSSR count). The molecule has 0 atom stereocenters. The summed E-state index contributed by atoms with van der Waals surface area (Å²) in [6.45, 7) is 7.88. The fourth-order valence-electron chi connectivity index (χ4n) is 2.68. The maximum atomic E-state index is 4.42. The monoisotopic (exact) mass is 276 g/mol. The van der Waals surface area contributed by atoms with Crippen LogP contribution in [-0.2, 0) is 0 Å². The topological polar surface area (TPSA) is 41.0 Å². The summed E-state index contributed by atoms with van der Waals surface area (Å²) in [4.78, 5) is 13.6. The molecule has 1 aliphatic rings. The predicted octanol–water partition coefficient (Wildman–Crippen LogP) is 2.90. The van der Waals surface area contributed by atoms with Crippen molar-refractivity contribution in [1.29, 1.82) is 0 Å². The van der Waals surface area contributed by atoms with E-state index in [-0.39, 0.29) is 0 Å². The lowest BCUT2D eigenvalue weighted by atomic mass is 10.1. The van der Waals surface area contributed by atoms with Gasteiger partial charge in [0.1, 0.15) is 17.0 Å². The molecule has 0 bridgehead atoms. The number of nitrogens with one attached hydrogen (secondary N) is 1. The van der Waals surface area contributed by atoms with E-state index in [0.29, 0.717) is 6.04 Å². The smallest absolute Gasteiger partial charge is 0.138 e. The molecule has 0 aliphatic carbocycles. The first-order chi connectivity index (χ1) is 9.26. The van der Waals surface area contributed by atoms with Gasteiger partial charge in [-0.05, 0) is 32.4 Å². The van der Waals surface area contributed by atoms with Gasteiger partial charge in [-0.25, -0.2) is 9.97 Å². The number of hydrogen-bond donors (Lipinski definition) is 1. The van der Waals surface area contributed by atoms with E-state index in [2.05, 4.69) is 40.1 Å². The Bertz CT molecular complexity index is 558. The van der Waals surface area contributed by atoms with Gasteiger partial charge in [0, 0.05) is 24.0 Å². The summed E-state index contributed by atoms with van der Waals surface area (Å²) in [6.07, 6.45) is 4.06. The summed E-state index contributed by atoms with van der Waals surface area (Å²) in [6, 6.07) is 2.73. The Balaban J connectivity index is 1.75. The third-order valence-electron chi connectivity index (χ3n) is 3.83. The molecule has 1 saturated heterocycles. The number of likely N-dealkylation sites (tertiary alicyclic amines) is 1. The maximum Gasteiger partial charge on any atom is 0.138 e. The van der Waals surface area contributed by atoms with E-state index < -0.39 is 0 Å². The fraction of sp³-hybridized carbons (Fsp3) is 0.571. The van der Waals surface area contributed by atoms with Crippen LogP contribution in [0.15, 0.2) is 12.4 Å². The molecule has 0 saturated carbocycles. The quantitative estimate of drug-likeness (QED) is 0.936. The first-order valence-electron chi connectivity index (χ1n) is 6.96. The Morgan fingerprint density at radius 2 is 2.16 bits per heavy atom. The lowest BCUT2D eigenvalue weighted by molar-refractivity contribution is 0.229. The van der Waals surface area contributed by atoms with Gasteiger partial charge in [0.2, 0.25) is 0 Å².